The van der Waals surface area contributed by atoms with Crippen molar-refractivity contribution in [1.29, 1.82) is 0 Å². The van der Waals surface area contributed by atoms with Gasteiger partial charge in [0.15, 0.2) is 14.1 Å². The van der Waals surface area contributed by atoms with Gasteiger partial charge < -0.3 is 19.0 Å². The first-order valence-corrected chi connectivity index (χ1v) is 22.5. The minimum atomic E-state index is -2.24. The molecular formula is C37H60O6Si2. The monoisotopic (exact) mass is 656 g/mol. The van der Waals surface area contributed by atoms with E-state index in [1.165, 1.54) is 0 Å². The predicted octanol–water partition coefficient (Wildman–Crippen LogP) is 9.20. The Kier molecular flexibility index (Phi) is 16.3. The summed E-state index contributed by atoms with van der Waals surface area (Å²) in [6, 6.07) is 10.1. The second-order valence-electron chi connectivity index (χ2n) is 14.8. The van der Waals surface area contributed by atoms with Gasteiger partial charge >= 0.3 is 5.97 Å². The molecule has 8 heteroatoms. The molecule has 6 nitrogen and oxygen atoms in total. The summed E-state index contributed by atoms with van der Waals surface area (Å²) >= 11 is 0. The molecule has 0 aliphatic heterocycles. The lowest BCUT2D eigenvalue weighted by Crippen LogP contribution is -2.49. The van der Waals surface area contributed by atoms with Crippen LogP contribution in [0.2, 0.25) is 43.3 Å². The summed E-state index contributed by atoms with van der Waals surface area (Å²) in [5.41, 5.74) is 1.65. The van der Waals surface area contributed by atoms with Crippen LogP contribution in [0.1, 0.15) is 53.5 Å². The van der Waals surface area contributed by atoms with E-state index in [-0.39, 0.29) is 46.5 Å². The average Bonchev–Trinajstić information content (AvgIpc) is 2.91. The van der Waals surface area contributed by atoms with Crippen LogP contribution in [0.5, 0.6) is 0 Å². The van der Waals surface area contributed by atoms with Gasteiger partial charge in [0.1, 0.15) is 0 Å². The predicted molar refractivity (Wildman–Crippen MR) is 194 cm³/mol. The number of aliphatic carboxylic acids is 1. The van der Waals surface area contributed by atoms with Crippen molar-refractivity contribution < 1.29 is 28.6 Å². The number of hydrogen-bond donors (Lipinski definition) is 1. The maximum Gasteiger partial charge on any atom is 0.327 e. The van der Waals surface area contributed by atoms with E-state index in [9.17, 15) is 14.7 Å². The zero-order chi connectivity index (χ0) is 34.6. The highest BCUT2D eigenvalue weighted by Crippen LogP contribution is 2.41. The number of carboxylic acid groups (broad SMARTS) is 1. The molecule has 0 fully saturated rings. The number of hydrogen-bond acceptors (Lipinski definition) is 5. The van der Waals surface area contributed by atoms with E-state index < -0.39 is 22.4 Å². The standard InChI is InChI=1S/C37H60O6Si2/c1-27(22-23-28(2)35(42-8)29(3)32(41-7)25-24-30-18-15-14-16-19-30)26-31(38)36(44(9,10)11)33(20-17-21-34(39)40)43-45(12,13)37(4,5)6/h14-19,21-26,28-29,32-33,35-36H,20H2,1-13H3,(H,39,40)/b21-17-,23-22+,25-24+,27-26+/t28-,29+,32-,33?,35-,36?/m0/s1. The van der Waals surface area contributed by atoms with E-state index in [1.54, 1.807) is 26.4 Å². The normalized spacial score (nSPS) is 17.8. The number of methoxy groups -OCH3 is 2. The van der Waals surface area contributed by atoms with E-state index in [1.807, 2.05) is 31.2 Å². The first-order chi connectivity index (χ1) is 20.7. The largest absolute Gasteiger partial charge is 0.478 e. The second-order valence-corrected chi connectivity index (χ2v) is 24.9. The van der Waals surface area contributed by atoms with Crippen LogP contribution in [-0.4, -0.2) is 65.8 Å². The molecule has 1 N–H and O–H groups in total. The van der Waals surface area contributed by atoms with Gasteiger partial charge in [-0.3, -0.25) is 4.79 Å². The van der Waals surface area contributed by atoms with Gasteiger partial charge in [-0.15, -0.1) is 0 Å². The third-order valence-corrected chi connectivity index (χ3v) is 15.9. The summed E-state index contributed by atoms with van der Waals surface area (Å²) in [7, 11) is -0.888. The molecule has 0 saturated heterocycles. The van der Waals surface area contributed by atoms with Crippen LogP contribution < -0.4 is 0 Å². The van der Waals surface area contributed by atoms with Gasteiger partial charge in [-0.25, -0.2) is 4.79 Å². The Labute approximate surface area is 275 Å². The third kappa shape index (κ3) is 13.5. The van der Waals surface area contributed by atoms with Crippen LogP contribution in [0.25, 0.3) is 6.08 Å². The number of allylic oxidation sites excluding steroid dienone is 3. The van der Waals surface area contributed by atoms with Crippen molar-refractivity contribution in [2.45, 2.75) is 110 Å². The van der Waals surface area contributed by atoms with Crippen molar-refractivity contribution >= 4 is 34.2 Å². The number of carbonyl (C=O) groups is 2. The number of benzene rings is 1. The number of rotatable bonds is 18. The van der Waals surface area contributed by atoms with Crippen molar-refractivity contribution in [2.75, 3.05) is 14.2 Å². The second kappa shape index (κ2) is 18.1. The molecule has 0 spiro atoms. The van der Waals surface area contributed by atoms with Crippen molar-refractivity contribution in [3.05, 3.63) is 77.9 Å². The SMILES string of the molecule is CO[C@H]([C@H](C)[C@H](/C=C/c1ccccc1)OC)[C@@H](C)/C=C/C(C)=C/C(=O)C(C(C/C=C\C(=O)O)O[Si](C)(C)C(C)(C)C)[Si](C)(C)C. The molecule has 0 saturated carbocycles. The summed E-state index contributed by atoms with van der Waals surface area (Å²) < 4.78 is 18.6. The Morgan fingerprint density at radius 1 is 0.933 bits per heavy atom. The Morgan fingerprint density at radius 3 is 2.02 bits per heavy atom. The molecule has 252 valence electrons. The zero-order valence-electron chi connectivity index (χ0n) is 30.1. The molecule has 6 atom stereocenters. The van der Waals surface area contributed by atoms with Gasteiger partial charge in [0.05, 0.1) is 26.4 Å². The van der Waals surface area contributed by atoms with Gasteiger partial charge in [0, 0.05) is 37.7 Å². The van der Waals surface area contributed by atoms with Crippen molar-refractivity contribution in [3.63, 3.8) is 0 Å². The molecule has 1 aromatic rings. The molecule has 1 rings (SSSR count). The first-order valence-electron chi connectivity index (χ1n) is 16.0. The van der Waals surface area contributed by atoms with E-state index in [0.717, 1.165) is 17.2 Å². The number of ether oxygens (including phenoxy) is 2. The van der Waals surface area contributed by atoms with Crippen LogP contribution >= 0.6 is 0 Å². The summed E-state index contributed by atoms with van der Waals surface area (Å²) in [5.74, 6) is -0.818. The number of carbonyl (C=O) groups excluding carboxylic acids is 1. The zero-order valence-corrected chi connectivity index (χ0v) is 32.1. The number of ketones is 1. The minimum absolute atomic E-state index is 0.0403. The Balaban J connectivity index is 3.26. The van der Waals surface area contributed by atoms with Crippen LogP contribution in [0.4, 0.5) is 0 Å². The Morgan fingerprint density at radius 2 is 1.53 bits per heavy atom. The van der Waals surface area contributed by atoms with Gasteiger partial charge in [-0.2, -0.15) is 0 Å². The summed E-state index contributed by atoms with van der Waals surface area (Å²) in [6.45, 7) is 23.6. The van der Waals surface area contributed by atoms with E-state index in [0.29, 0.717) is 6.42 Å². The molecule has 2 unspecified atom stereocenters. The fourth-order valence-electron chi connectivity index (χ4n) is 5.39. The average molecular weight is 657 g/mol. The molecular weight excluding hydrogens is 597 g/mol. The highest BCUT2D eigenvalue weighted by Gasteiger charge is 2.45. The molecule has 0 radical (unpaired) electrons. The third-order valence-electron chi connectivity index (χ3n) is 8.90. The maximum atomic E-state index is 14.0. The fourth-order valence-corrected chi connectivity index (χ4v) is 9.12. The summed E-state index contributed by atoms with van der Waals surface area (Å²) in [6.07, 6.45) is 12.5. The molecule has 0 heterocycles. The van der Waals surface area contributed by atoms with Crippen LogP contribution in [-0.2, 0) is 23.5 Å². The molecule has 0 aromatic heterocycles. The van der Waals surface area contributed by atoms with Crippen LogP contribution in [0.3, 0.4) is 0 Å². The molecule has 0 amide bonds. The molecule has 45 heavy (non-hydrogen) atoms. The van der Waals surface area contributed by atoms with E-state index >= 15 is 0 Å². The van der Waals surface area contributed by atoms with Gasteiger partial charge in [-0.05, 0) is 48.7 Å². The lowest BCUT2D eigenvalue weighted by atomic mass is 9.88. The van der Waals surface area contributed by atoms with Crippen LogP contribution in [0, 0.1) is 11.8 Å². The molecule has 0 bridgehead atoms. The van der Waals surface area contributed by atoms with Crippen LogP contribution in [0.15, 0.2) is 72.4 Å². The Bertz CT molecular complexity index is 1190. The number of carboxylic acids is 1. The summed E-state index contributed by atoms with van der Waals surface area (Å²) in [5, 5.41) is 9.17. The van der Waals surface area contributed by atoms with Crippen molar-refractivity contribution in [3.8, 4) is 0 Å². The maximum absolute atomic E-state index is 14.0. The topological polar surface area (TPSA) is 82.1 Å². The van der Waals surface area contributed by atoms with Gasteiger partial charge in [-0.1, -0.05) is 115 Å². The van der Waals surface area contributed by atoms with E-state index in [2.05, 4.69) is 97.7 Å². The summed E-state index contributed by atoms with van der Waals surface area (Å²) in [4.78, 5) is 25.2. The van der Waals surface area contributed by atoms with Crippen molar-refractivity contribution in [1.82, 2.24) is 0 Å². The minimum Gasteiger partial charge on any atom is -0.478 e. The van der Waals surface area contributed by atoms with Crippen molar-refractivity contribution in [2.24, 2.45) is 11.8 Å². The molecule has 1 aromatic carbocycles. The van der Waals surface area contributed by atoms with E-state index in [4.69, 9.17) is 13.9 Å². The lowest BCUT2D eigenvalue weighted by molar-refractivity contribution is -0.131. The fraction of sp³-hybridized carbons (Fsp3) is 0.568. The Hall–Kier alpha value is -2.37. The van der Waals surface area contributed by atoms with Gasteiger partial charge in [0.2, 0.25) is 0 Å². The molecule has 0 aliphatic carbocycles. The van der Waals surface area contributed by atoms with Gasteiger partial charge in [0.25, 0.3) is 0 Å². The quantitative estimate of drug-likeness (QED) is 0.0964. The molecule has 0 aliphatic rings. The first kappa shape index (κ1) is 40.7. The smallest absolute Gasteiger partial charge is 0.327 e. The highest BCUT2D eigenvalue weighted by molar-refractivity contribution is 6.81. The lowest BCUT2D eigenvalue weighted by Gasteiger charge is -2.43. The highest BCUT2D eigenvalue weighted by atomic mass is 28.4.